The maximum atomic E-state index is 6.14. The van der Waals surface area contributed by atoms with Crippen LogP contribution in [0.15, 0.2) is 18.5 Å². The topological polar surface area (TPSA) is 45.0 Å². The van der Waals surface area contributed by atoms with E-state index in [2.05, 4.69) is 36.0 Å². The highest BCUT2D eigenvalue weighted by molar-refractivity contribution is 5.18. The molecule has 1 aromatic heterocycles. The number of nitrogens with one attached hydrogen (secondary N) is 1. The van der Waals surface area contributed by atoms with Crippen LogP contribution in [0.25, 0.3) is 0 Å². The fourth-order valence-corrected chi connectivity index (χ4v) is 2.38. The van der Waals surface area contributed by atoms with E-state index in [4.69, 9.17) is 5.73 Å². The average Bonchev–Trinajstić information content (AvgIpc) is 2.71. The number of H-pyrrole nitrogens is 1. The van der Waals surface area contributed by atoms with Crippen molar-refractivity contribution in [1.29, 1.82) is 0 Å². The van der Waals surface area contributed by atoms with Crippen LogP contribution in [0.3, 0.4) is 0 Å². The Bertz CT molecular complexity index is 279. The van der Waals surface area contributed by atoms with Gasteiger partial charge in [-0.3, -0.25) is 4.90 Å². The number of rotatable bonds is 2. The van der Waals surface area contributed by atoms with E-state index in [-0.39, 0.29) is 6.04 Å². The van der Waals surface area contributed by atoms with Crippen LogP contribution in [-0.4, -0.2) is 28.5 Å². The number of nitrogens with zero attached hydrogens (tertiary/aromatic N) is 1. The molecule has 1 fully saturated rings. The van der Waals surface area contributed by atoms with Crippen molar-refractivity contribution in [1.82, 2.24) is 9.88 Å². The summed E-state index contributed by atoms with van der Waals surface area (Å²) in [7, 11) is 0. The van der Waals surface area contributed by atoms with E-state index in [0.29, 0.717) is 12.1 Å². The summed E-state index contributed by atoms with van der Waals surface area (Å²) >= 11 is 0. The Hall–Kier alpha value is -0.800. The Morgan fingerprint density at radius 1 is 1.57 bits per heavy atom. The predicted octanol–water partition coefficient (Wildman–Crippen LogP) is 1.50. The lowest BCUT2D eigenvalue weighted by atomic mass is 10.0. The molecular formula is C11H19N3. The zero-order chi connectivity index (χ0) is 10.1. The number of aromatic amines is 1. The largest absolute Gasteiger partial charge is 0.367 e. The molecule has 3 heteroatoms. The smallest absolute Gasteiger partial charge is 0.0517 e. The Morgan fingerprint density at radius 3 is 2.93 bits per heavy atom. The Morgan fingerprint density at radius 2 is 2.36 bits per heavy atom. The van der Waals surface area contributed by atoms with Gasteiger partial charge in [-0.05, 0) is 31.9 Å². The van der Waals surface area contributed by atoms with Crippen molar-refractivity contribution in [3.63, 3.8) is 0 Å². The van der Waals surface area contributed by atoms with Crippen molar-refractivity contribution < 1.29 is 0 Å². The van der Waals surface area contributed by atoms with Gasteiger partial charge in [0.05, 0.1) is 6.04 Å². The number of nitrogens with two attached hydrogens (primary N) is 1. The normalized spacial score (nSPS) is 28.9. The fourth-order valence-electron chi connectivity index (χ4n) is 2.38. The number of hydrogen-bond donors (Lipinski definition) is 2. The molecule has 0 amide bonds. The molecule has 2 heterocycles. The summed E-state index contributed by atoms with van der Waals surface area (Å²) in [5, 5.41) is 0. The van der Waals surface area contributed by atoms with Gasteiger partial charge < -0.3 is 10.7 Å². The maximum absolute atomic E-state index is 6.14. The van der Waals surface area contributed by atoms with Crippen LogP contribution in [0.5, 0.6) is 0 Å². The molecule has 0 spiro atoms. The lowest BCUT2D eigenvalue weighted by Gasteiger charge is -2.29. The van der Waals surface area contributed by atoms with Crippen molar-refractivity contribution in [2.24, 2.45) is 5.73 Å². The van der Waals surface area contributed by atoms with Crippen LogP contribution in [0.1, 0.15) is 31.9 Å². The Kier molecular flexibility index (Phi) is 2.61. The summed E-state index contributed by atoms with van der Waals surface area (Å²) in [4.78, 5) is 5.58. The van der Waals surface area contributed by atoms with Crippen molar-refractivity contribution in [2.45, 2.75) is 38.4 Å². The van der Waals surface area contributed by atoms with Crippen LogP contribution in [-0.2, 0) is 0 Å². The molecule has 0 unspecified atom stereocenters. The summed E-state index contributed by atoms with van der Waals surface area (Å²) in [6.07, 6.45) is 5.14. The van der Waals surface area contributed by atoms with Crippen LogP contribution >= 0.6 is 0 Å². The summed E-state index contributed by atoms with van der Waals surface area (Å²) in [5.74, 6) is 0. The van der Waals surface area contributed by atoms with Crippen molar-refractivity contribution in [2.75, 3.05) is 6.54 Å². The second kappa shape index (κ2) is 3.75. The molecule has 1 aromatic rings. The van der Waals surface area contributed by atoms with Gasteiger partial charge in [0.2, 0.25) is 0 Å². The number of aromatic nitrogens is 1. The van der Waals surface area contributed by atoms with E-state index in [1.165, 1.54) is 5.56 Å². The highest BCUT2D eigenvalue weighted by Crippen LogP contribution is 2.32. The molecule has 3 N–H and O–H groups in total. The van der Waals surface area contributed by atoms with Gasteiger partial charge in [0.1, 0.15) is 0 Å². The zero-order valence-corrected chi connectivity index (χ0v) is 8.90. The summed E-state index contributed by atoms with van der Waals surface area (Å²) in [6, 6.07) is 3.39. The van der Waals surface area contributed by atoms with Crippen molar-refractivity contribution in [3.8, 4) is 0 Å². The molecule has 1 saturated heterocycles. The first-order chi connectivity index (χ1) is 6.70. The summed E-state index contributed by atoms with van der Waals surface area (Å²) in [6.45, 7) is 5.59. The van der Waals surface area contributed by atoms with E-state index < -0.39 is 0 Å². The molecule has 1 aliphatic heterocycles. The first-order valence-electron chi connectivity index (χ1n) is 5.34. The molecule has 2 atom stereocenters. The van der Waals surface area contributed by atoms with E-state index in [9.17, 15) is 0 Å². The Labute approximate surface area is 85.3 Å². The second-order valence-corrected chi connectivity index (χ2v) is 4.37. The van der Waals surface area contributed by atoms with E-state index >= 15 is 0 Å². The predicted molar refractivity (Wildman–Crippen MR) is 58.0 cm³/mol. The lowest BCUT2D eigenvalue weighted by Crippen LogP contribution is -2.35. The summed E-state index contributed by atoms with van der Waals surface area (Å²) in [5.41, 5.74) is 7.47. The quantitative estimate of drug-likeness (QED) is 0.747. The van der Waals surface area contributed by atoms with Gasteiger partial charge >= 0.3 is 0 Å². The molecule has 0 bridgehead atoms. The molecule has 0 aliphatic carbocycles. The monoisotopic (exact) mass is 193 g/mol. The molecular weight excluding hydrogens is 174 g/mol. The molecule has 1 aliphatic rings. The highest BCUT2D eigenvalue weighted by Gasteiger charge is 2.34. The van der Waals surface area contributed by atoms with Crippen LogP contribution in [0, 0.1) is 0 Å². The van der Waals surface area contributed by atoms with Gasteiger partial charge in [0, 0.05) is 31.0 Å². The average molecular weight is 193 g/mol. The third-order valence-corrected chi connectivity index (χ3v) is 3.11. The van der Waals surface area contributed by atoms with Gasteiger partial charge in [-0.25, -0.2) is 0 Å². The lowest BCUT2D eigenvalue weighted by molar-refractivity contribution is 0.198. The minimum atomic E-state index is 0.285. The van der Waals surface area contributed by atoms with Crippen molar-refractivity contribution in [3.05, 3.63) is 24.0 Å². The molecule has 0 aromatic carbocycles. The van der Waals surface area contributed by atoms with E-state index in [1.54, 1.807) is 0 Å². The van der Waals surface area contributed by atoms with Gasteiger partial charge in [-0.15, -0.1) is 0 Å². The highest BCUT2D eigenvalue weighted by atomic mass is 15.2. The molecule has 78 valence electrons. The minimum absolute atomic E-state index is 0.285. The zero-order valence-electron chi connectivity index (χ0n) is 8.90. The third kappa shape index (κ3) is 1.57. The van der Waals surface area contributed by atoms with Crippen LogP contribution in [0.2, 0.25) is 0 Å². The van der Waals surface area contributed by atoms with Gasteiger partial charge in [0.15, 0.2) is 0 Å². The first-order valence-corrected chi connectivity index (χ1v) is 5.34. The number of likely N-dealkylation sites (tertiary alicyclic amines) is 1. The van der Waals surface area contributed by atoms with E-state index in [0.717, 1.165) is 13.0 Å². The van der Waals surface area contributed by atoms with Gasteiger partial charge in [-0.2, -0.15) is 0 Å². The fraction of sp³-hybridized carbons (Fsp3) is 0.636. The molecule has 14 heavy (non-hydrogen) atoms. The molecule has 0 saturated carbocycles. The minimum Gasteiger partial charge on any atom is -0.367 e. The standard InChI is InChI=1S/C11H19N3/c1-8(2)14-6-4-10(12)11(14)9-3-5-13-7-9/h3,5,7-8,10-11,13H,4,6,12H2,1-2H3/t10-,11+/m0/s1. The van der Waals surface area contributed by atoms with E-state index in [1.807, 2.05) is 6.20 Å². The number of hydrogen-bond acceptors (Lipinski definition) is 2. The van der Waals surface area contributed by atoms with Crippen LogP contribution in [0.4, 0.5) is 0 Å². The third-order valence-electron chi connectivity index (χ3n) is 3.11. The van der Waals surface area contributed by atoms with Crippen LogP contribution < -0.4 is 5.73 Å². The molecule has 3 nitrogen and oxygen atoms in total. The second-order valence-electron chi connectivity index (χ2n) is 4.37. The van der Waals surface area contributed by atoms with Gasteiger partial charge in [-0.1, -0.05) is 0 Å². The summed E-state index contributed by atoms with van der Waals surface area (Å²) < 4.78 is 0. The Balaban J connectivity index is 2.22. The molecule has 2 rings (SSSR count). The molecule has 0 radical (unpaired) electrons. The first kappa shape index (κ1) is 9.74. The van der Waals surface area contributed by atoms with Gasteiger partial charge in [0.25, 0.3) is 0 Å². The van der Waals surface area contributed by atoms with Crippen molar-refractivity contribution >= 4 is 0 Å². The maximum Gasteiger partial charge on any atom is 0.0517 e. The SMILES string of the molecule is CC(C)N1CC[C@H](N)[C@H]1c1cc[nH]c1.